The Kier molecular flexibility index (Phi) is 4.18. The van der Waals surface area contributed by atoms with Gasteiger partial charge in [-0.3, -0.25) is 4.57 Å². The van der Waals surface area contributed by atoms with E-state index < -0.39 is 7.60 Å². The van der Waals surface area contributed by atoms with Crippen molar-refractivity contribution in [3.8, 4) is 22.3 Å². The number of rotatable bonds is 3. The first-order chi connectivity index (χ1) is 11.0. The molecule has 3 rings (SSSR count). The molecule has 0 heterocycles. The van der Waals surface area contributed by atoms with Gasteiger partial charge in [-0.1, -0.05) is 66.7 Å². The molecule has 0 unspecified atom stereocenters. The van der Waals surface area contributed by atoms with Crippen LogP contribution in [0.15, 0.2) is 72.8 Å². The summed E-state index contributed by atoms with van der Waals surface area (Å²) < 4.78 is 12.0. The van der Waals surface area contributed by atoms with Gasteiger partial charge in [0.2, 0.25) is 0 Å². The van der Waals surface area contributed by atoms with Crippen molar-refractivity contribution >= 4 is 12.9 Å². The van der Waals surface area contributed by atoms with Crippen LogP contribution in [0.2, 0.25) is 0 Å². The molecule has 3 aromatic carbocycles. The summed E-state index contributed by atoms with van der Waals surface area (Å²) in [6.45, 7) is 1.95. The zero-order chi connectivity index (χ0) is 16.4. The molecule has 0 saturated carbocycles. The molecule has 0 aliphatic carbocycles. The summed E-state index contributed by atoms with van der Waals surface area (Å²) in [5.41, 5.74) is 4.17. The second-order valence-corrected chi connectivity index (χ2v) is 6.99. The lowest BCUT2D eigenvalue weighted by atomic mass is 9.92. The standard InChI is InChI=1S/C19H17O3P/c1-14-8-5-6-11-16(14)19-17(15-9-3-2-4-10-15)12-7-13-18(19)23(20,21)22/h2-13H,1H3,(H2,20,21,22). The summed E-state index contributed by atoms with van der Waals surface area (Å²) in [7, 11) is -4.39. The molecule has 0 bridgehead atoms. The minimum Gasteiger partial charge on any atom is -0.321 e. The summed E-state index contributed by atoms with van der Waals surface area (Å²) in [5, 5.41) is 0.0631. The van der Waals surface area contributed by atoms with Gasteiger partial charge in [-0.15, -0.1) is 0 Å². The normalized spacial score (nSPS) is 11.4. The molecule has 116 valence electrons. The molecule has 0 saturated heterocycles. The molecule has 4 heteroatoms. The Hall–Kier alpha value is -2.19. The Bertz CT molecular complexity index is 882. The average Bonchev–Trinajstić information content (AvgIpc) is 2.55. The van der Waals surface area contributed by atoms with Crippen molar-refractivity contribution in [1.29, 1.82) is 0 Å². The Labute approximate surface area is 135 Å². The lowest BCUT2D eigenvalue weighted by molar-refractivity contribution is 0.387. The van der Waals surface area contributed by atoms with Gasteiger partial charge in [0.05, 0.1) is 5.30 Å². The second kappa shape index (κ2) is 6.13. The monoisotopic (exact) mass is 324 g/mol. The number of hydrogen-bond donors (Lipinski definition) is 2. The molecule has 2 N–H and O–H groups in total. The molecule has 0 atom stereocenters. The van der Waals surface area contributed by atoms with Crippen LogP contribution in [0.25, 0.3) is 22.3 Å². The fourth-order valence-corrected chi connectivity index (χ4v) is 3.59. The maximum atomic E-state index is 12.0. The first-order valence-electron chi connectivity index (χ1n) is 7.29. The van der Waals surface area contributed by atoms with E-state index in [2.05, 4.69) is 0 Å². The Balaban J connectivity index is 2.39. The maximum Gasteiger partial charge on any atom is 0.356 e. The van der Waals surface area contributed by atoms with Crippen LogP contribution in [0.4, 0.5) is 0 Å². The smallest absolute Gasteiger partial charge is 0.321 e. The van der Waals surface area contributed by atoms with Gasteiger partial charge in [0, 0.05) is 5.56 Å². The fraction of sp³-hybridized carbons (Fsp3) is 0.0526. The van der Waals surface area contributed by atoms with Crippen molar-refractivity contribution in [2.45, 2.75) is 6.92 Å². The molecule has 0 radical (unpaired) electrons. The van der Waals surface area contributed by atoms with Gasteiger partial charge in [-0.25, -0.2) is 0 Å². The minimum absolute atomic E-state index is 0.0631. The molecule has 3 aromatic rings. The van der Waals surface area contributed by atoms with Crippen LogP contribution in [-0.2, 0) is 4.57 Å². The largest absolute Gasteiger partial charge is 0.356 e. The van der Waals surface area contributed by atoms with Gasteiger partial charge in [0.15, 0.2) is 0 Å². The first kappa shape index (κ1) is 15.7. The van der Waals surface area contributed by atoms with Gasteiger partial charge in [-0.05, 0) is 35.2 Å². The third-order valence-corrected chi connectivity index (χ3v) is 4.86. The van der Waals surface area contributed by atoms with E-state index in [1.165, 1.54) is 6.07 Å². The highest BCUT2D eigenvalue weighted by molar-refractivity contribution is 7.60. The van der Waals surface area contributed by atoms with E-state index in [1.54, 1.807) is 6.07 Å². The van der Waals surface area contributed by atoms with Crippen molar-refractivity contribution in [2.24, 2.45) is 0 Å². The van der Waals surface area contributed by atoms with Gasteiger partial charge in [0.25, 0.3) is 0 Å². The van der Waals surface area contributed by atoms with Crippen LogP contribution in [0, 0.1) is 6.92 Å². The third kappa shape index (κ3) is 3.13. The highest BCUT2D eigenvalue weighted by Gasteiger charge is 2.25. The molecule has 0 aromatic heterocycles. The summed E-state index contributed by atoms with van der Waals surface area (Å²) in [5.74, 6) is 0. The minimum atomic E-state index is -4.39. The van der Waals surface area contributed by atoms with Gasteiger partial charge in [0.1, 0.15) is 0 Å². The summed E-state index contributed by atoms with van der Waals surface area (Å²) in [6.07, 6.45) is 0. The van der Waals surface area contributed by atoms with Crippen LogP contribution < -0.4 is 5.30 Å². The molecular weight excluding hydrogens is 307 g/mol. The third-order valence-electron chi connectivity index (χ3n) is 3.86. The predicted molar refractivity (Wildman–Crippen MR) is 93.7 cm³/mol. The highest BCUT2D eigenvalue weighted by Crippen LogP contribution is 2.42. The summed E-state index contributed by atoms with van der Waals surface area (Å²) in [4.78, 5) is 19.6. The fourth-order valence-electron chi connectivity index (χ4n) is 2.78. The van der Waals surface area contributed by atoms with Crippen LogP contribution in [0.1, 0.15) is 5.56 Å². The van der Waals surface area contributed by atoms with Crippen LogP contribution in [0.3, 0.4) is 0 Å². The van der Waals surface area contributed by atoms with Gasteiger partial charge < -0.3 is 9.79 Å². The van der Waals surface area contributed by atoms with E-state index in [0.717, 1.165) is 22.3 Å². The van der Waals surface area contributed by atoms with E-state index in [0.29, 0.717) is 5.56 Å². The van der Waals surface area contributed by atoms with Crippen LogP contribution in [0.5, 0.6) is 0 Å². The van der Waals surface area contributed by atoms with E-state index in [1.807, 2.05) is 67.6 Å². The molecule has 0 amide bonds. The predicted octanol–water partition coefficient (Wildman–Crippen LogP) is 4.13. The van der Waals surface area contributed by atoms with E-state index in [4.69, 9.17) is 0 Å². The SMILES string of the molecule is Cc1ccccc1-c1c(-c2ccccc2)cccc1P(=O)(O)O. The van der Waals surface area contributed by atoms with Gasteiger partial charge in [-0.2, -0.15) is 0 Å². The van der Waals surface area contributed by atoms with E-state index >= 15 is 0 Å². The molecule has 0 aliphatic rings. The molecular formula is C19H17O3P. The molecule has 23 heavy (non-hydrogen) atoms. The highest BCUT2D eigenvalue weighted by atomic mass is 31.2. The summed E-state index contributed by atoms with van der Waals surface area (Å²) in [6, 6.07) is 22.4. The quantitative estimate of drug-likeness (QED) is 0.712. The van der Waals surface area contributed by atoms with Gasteiger partial charge >= 0.3 is 7.60 Å². The van der Waals surface area contributed by atoms with Crippen molar-refractivity contribution in [2.75, 3.05) is 0 Å². The van der Waals surface area contributed by atoms with Crippen molar-refractivity contribution in [1.82, 2.24) is 0 Å². The lowest BCUT2D eigenvalue weighted by Crippen LogP contribution is -2.10. The lowest BCUT2D eigenvalue weighted by Gasteiger charge is -2.18. The number of aryl methyl sites for hydroxylation is 1. The Morgan fingerprint density at radius 1 is 0.739 bits per heavy atom. The van der Waals surface area contributed by atoms with Crippen molar-refractivity contribution < 1.29 is 14.4 Å². The zero-order valence-corrected chi connectivity index (χ0v) is 13.6. The molecule has 0 fully saturated rings. The zero-order valence-electron chi connectivity index (χ0n) is 12.7. The average molecular weight is 324 g/mol. The Morgan fingerprint density at radius 3 is 2.00 bits per heavy atom. The molecule has 0 spiro atoms. The summed E-state index contributed by atoms with van der Waals surface area (Å²) >= 11 is 0. The second-order valence-electron chi connectivity index (χ2n) is 5.42. The molecule has 0 aliphatic heterocycles. The van der Waals surface area contributed by atoms with Crippen molar-refractivity contribution in [3.63, 3.8) is 0 Å². The van der Waals surface area contributed by atoms with Crippen LogP contribution >= 0.6 is 7.60 Å². The Morgan fingerprint density at radius 2 is 1.35 bits per heavy atom. The van der Waals surface area contributed by atoms with Crippen molar-refractivity contribution in [3.05, 3.63) is 78.4 Å². The molecule has 3 nitrogen and oxygen atoms in total. The number of benzene rings is 3. The topological polar surface area (TPSA) is 57.5 Å². The van der Waals surface area contributed by atoms with E-state index in [9.17, 15) is 14.4 Å². The first-order valence-corrected chi connectivity index (χ1v) is 8.90. The van der Waals surface area contributed by atoms with E-state index in [-0.39, 0.29) is 5.30 Å². The maximum absolute atomic E-state index is 12.0. The van der Waals surface area contributed by atoms with Crippen LogP contribution in [-0.4, -0.2) is 9.79 Å². The number of hydrogen-bond acceptors (Lipinski definition) is 1.